The van der Waals surface area contributed by atoms with E-state index < -0.39 is 27.5 Å². The lowest BCUT2D eigenvalue weighted by Crippen LogP contribution is -2.18. The van der Waals surface area contributed by atoms with Crippen LogP contribution in [0.5, 0.6) is 0 Å². The van der Waals surface area contributed by atoms with Crippen molar-refractivity contribution in [3.63, 3.8) is 0 Å². The number of nitrogens with zero attached hydrogens (tertiary/aromatic N) is 2. The van der Waals surface area contributed by atoms with E-state index in [1.54, 1.807) is 6.92 Å². The third-order valence-electron chi connectivity index (χ3n) is 4.32. The monoisotopic (exact) mass is 387 g/mol. The number of hydrogen-bond donors (Lipinski definition) is 1. The van der Waals surface area contributed by atoms with E-state index in [1.807, 2.05) is 0 Å². The van der Waals surface area contributed by atoms with Gasteiger partial charge in [-0.05, 0) is 25.5 Å². The number of nitrogens with one attached hydrogen (secondary N) is 1. The molecular weight excluding hydrogens is 371 g/mol. The number of carbonyl (C=O) groups excluding carboxylic acids is 1. The third kappa shape index (κ3) is 3.59. The van der Waals surface area contributed by atoms with Crippen LogP contribution in [0.3, 0.4) is 0 Å². The van der Waals surface area contributed by atoms with Crippen LogP contribution in [-0.2, 0) is 16.0 Å². The first-order valence-electron chi connectivity index (χ1n) is 7.80. The number of halogens is 3. The van der Waals surface area contributed by atoms with Gasteiger partial charge in [-0.3, -0.25) is 9.48 Å². The first-order valence-corrected chi connectivity index (χ1v) is 9.63. The maximum Gasteiger partial charge on any atom is 0.418 e. The zero-order chi connectivity index (χ0) is 19.1. The zero-order valence-corrected chi connectivity index (χ0v) is 14.6. The summed E-state index contributed by atoms with van der Waals surface area (Å²) in [5, 5.41) is 6.33. The van der Waals surface area contributed by atoms with Gasteiger partial charge in [0.1, 0.15) is 0 Å². The molecule has 2 aromatic rings. The summed E-state index contributed by atoms with van der Waals surface area (Å²) >= 11 is 0. The summed E-state index contributed by atoms with van der Waals surface area (Å²) in [5.41, 5.74) is -0.777. The van der Waals surface area contributed by atoms with Crippen molar-refractivity contribution in [2.75, 3.05) is 16.8 Å². The van der Waals surface area contributed by atoms with Crippen molar-refractivity contribution in [1.29, 1.82) is 0 Å². The van der Waals surface area contributed by atoms with Crippen molar-refractivity contribution in [1.82, 2.24) is 9.78 Å². The predicted octanol–water partition coefficient (Wildman–Crippen LogP) is 2.82. The number of benzene rings is 1. The lowest BCUT2D eigenvalue weighted by Gasteiger charge is -2.14. The van der Waals surface area contributed by atoms with E-state index in [0.29, 0.717) is 12.1 Å². The van der Waals surface area contributed by atoms with Crippen molar-refractivity contribution in [3.05, 3.63) is 47.3 Å². The molecule has 2 heterocycles. The van der Waals surface area contributed by atoms with Crippen LogP contribution in [-0.4, -0.2) is 35.6 Å². The van der Waals surface area contributed by atoms with Gasteiger partial charge in [0, 0.05) is 5.69 Å². The quantitative estimate of drug-likeness (QED) is 0.878. The molecular formula is C16H16F3N3O3S. The SMILES string of the molecule is Cc1c(C(=O)Nc2ccccc2C(F)(F)F)cnn1C1CCS(=O)(=O)C1. The van der Waals surface area contributed by atoms with Crippen LogP contribution in [0.2, 0.25) is 0 Å². The molecule has 0 bridgehead atoms. The lowest BCUT2D eigenvalue weighted by molar-refractivity contribution is -0.136. The van der Waals surface area contributed by atoms with Crippen molar-refractivity contribution in [3.8, 4) is 0 Å². The number of alkyl halides is 3. The molecule has 1 fully saturated rings. The van der Waals surface area contributed by atoms with Gasteiger partial charge in [0.25, 0.3) is 5.91 Å². The molecule has 1 atom stereocenters. The molecule has 1 amide bonds. The van der Waals surface area contributed by atoms with Crippen molar-refractivity contribution in [2.24, 2.45) is 0 Å². The Morgan fingerprint density at radius 1 is 1.31 bits per heavy atom. The number of rotatable bonds is 3. The summed E-state index contributed by atoms with van der Waals surface area (Å²) in [6.07, 6.45) is -2.96. The molecule has 1 saturated heterocycles. The van der Waals surface area contributed by atoms with E-state index in [9.17, 15) is 26.4 Å². The van der Waals surface area contributed by atoms with Crippen LogP contribution in [0, 0.1) is 6.92 Å². The van der Waals surface area contributed by atoms with Gasteiger partial charge < -0.3 is 5.32 Å². The van der Waals surface area contributed by atoms with Crippen LogP contribution < -0.4 is 5.32 Å². The van der Waals surface area contributed by atoms with E-state index in [2.05, 4.69) is 10.4 Å². The molecule has 140 valence electrons. The van der Waals surface area contributed by atoms with Gasteiger partial charge in [-0.25, -0.2) is 8.42 Å². The summed E-state index contributed by atoms with van der Waals surface area (Å²) in [5.74, 6) is -0.739. The van der Waals surface area contributed by atoms with Crippen molar-refractivity contribution in [2.45, 2.75) is 25.6 Å². The van der Waals surface area contributed by atoms with Gasteiger partial charge in [-0.2, -0.15) is 18.3 Å². The van der Waals surface area contributed by atoms with Crippen LogP contribution in [0.4, 0.5) is 18.9 Å². The summed E-state index contributed by atoms with van der Waals surface area (Å²) in [4.78, 5) is 12.4. The highest BCUT2D eigenvalue weighted by atomic mass is 32.2. The van der Waals surface area contributed by atoms with E-state index in [1.165, 1.54) is 29.1 Å². The van der Waals surface area contributed by atoms with E-state index >= 15 is 0 Å². The Bertz CT molecular complexity index is 951. The Hall–Kier alpha value is -2.36. The maximum atomic E-state index is 13.0. The van der Waals surface area contributed by atoms with Gasteiger partial charge >= 0.3 is 6.18 Å². The lowest BCUT2D eigenvalue weighted by atomic mass is 10.1. The topological polar surface area (TPSA) is 81.1 Å². The molecule has 1 aliphatic rings. The molecule has 0 radical (unpaired) electrons. The summed E-state index contributed by atoms with van der Waals surface area (Å²) in [7, 11) is -3.13. The second-order valence-corrected chi connectivity index (χ2v) is 8.37. The Morgan fingerprint density at radius 3 is 2.62 bits per heavy atom. The highest BCUT2D eigenvalue weighted by molar-refractivity contribution is 7.91. The highest BCUT2D eigenvalue weighted by Gasteiger charge is 2.34. The second kappa shape index (κ2) is 6.42. The molecule has 0 saturated carbocycles. The number of hydrogen-bond acceptors (Lipinski definition) is 4. The Labute approximate surface area is 147 Å². The summed E-state index contributed by atoms with van der Waals surface area (Å²) in [6, 6.07) is 4.32. The molecule has 1 N–H and O–H groups in total. The first-order chi connectivity index (χ1) is 12.1. The molecule has 1 aromatic carbocycles. The fraction of sp³-hybridized carbons (Fsp3) is 0.375. The summed E-state index contributed by atoms with van der Waals surface area (Å²) in [6.45, 7) is 1.59. The molecule has 0 spiro atoms. The largest absolute Gasteiger partial charge is 0.418 e. The van der Waals surface area contributed by atoms with Crippen molar-refractivity contribution < 1.29 is 26.4 Å². The number of aromatic nitrogens is 2. The van der Waals surface area contributed by atoms with Crippen LogP contribution >= 0.6 is 0 Å². The minimum Gasteiger partial charge on any atom is -0.321 e. The minimum atomic E-state index is -4.60. The average molecular weight is 387 g/mol. The van der Waals surface area contributed by atoms with Crippen LogP contribution in [0.15, 0.2) is 30.5 Å². The minimum absolute atomic E-state index is 0.0530. The fourth-order valence-electron chi connectivity index (χ4n) is 3.01. The molecule has 1 aliphatic heterocycles. The summed E-state index contributed by atoms with van der Waals surface area (Å²) < 4.78 is 63.8. The second-order valence-electron chi connectivity index (χ2n) is 6.14. The highest BCUT2D eigenvalue weighted by Crippen LogP contribution is 2.35. The number of anilines is 1. The fourth-order valence-corrected chi connectivity index (χ4v) is 4.70. The van der Waals surface area contributed by atoms with Gasteiger partial charge in [-0.1, -0.05) is 12.1 Å². The number of carbonyl (C=O) groups is 1. The standard InChI is InChI=1S/C16H16F3N3O3S/c1-10-12(8-20-22(10)11-6-7-26(24,25)9-11)15(23)21-14-5-3-2-4-13(14)16(17,18)19/h2-5,8,11H,6-7,9H2,1H3,(H,21,23). The van der Waals surface area contributed by atoms with Gasteiger partial charge in [0.05, 0.1) is 40.6 Å². The Balaban J connectivity index is 1.85. The Morgan fingerprint density at radius 2 is 2.00 bits per heavy atom. The molecule has 1 aromatic heterocycles. The number of sulfone groups is 1. The first kappa shape index (κ1) is 18.4. The van der Waals surface area contributed by atoms with Gasteiger partial charge in [0.15, 0.2) is 9.84 Å². The van der Waals surface area contributed by atoms with E-state index in [-0.39, 0.29) is 28.8 Å². The smallest absolute Gasteiger partial charge is 0.321 e. The molecule has 6 nitrogen and oxygen atoms in total. The molecule has 26 heavy (non-hydrogen) atoms. The van der Waals surface area contributed by atoms with Gasteiger partial charge in [-0.15, -0.1) is 0 Å². The van der Waals surface area contributed by atoms with E-state index in [4.69, 9.17) is 0 Å². The molecule has 3 rings (SSSR count). The number of amides is 1. The molecule has 1 unspecified atom stereocenters. The number of para-hydroxylation sites is 1. The third-order valence-corrected chi connectivity index (χ3v) is 6.07. The molecule has 0 aliphatic carbocycles. The van der Waals surface area contributed by atoms with E-state index in [0.717, 1.165) is 6.07 Å². The molecule has 10 heteroatoms. The van der Waals surface area contributed by atoms with Crippen molar-refractivity contribution >= 4 is 21.4 Å². The maximum absolute atomic E-state index is 13.0. The Kier molecular flexibility index (Phi) is 4.55. The predicted molar refractivity (Wildman–Crippen MR) is 88.7 cm³/mol. The normalized spacial score (nSPS) is 19.5. The average Bonchev–Trinajstić information content (AvgIpc) is 3.09. The van der Waals surface area contributed by atoms with Crippen LogP contribution in [0.1, 0.15) is 34.1 Å². The zero-order valence-electron chi connectivity index (χ0n) is 13.7. The van der Waals surface area contributed by atoms with Crippen LogP contribution in [0.25, 0.3) is 0 Å². The van der Waals surface area contributed by atoms with Gasteiger partial charge in [0.2, 0.25) is 0 Å².